The molecule has 0 unspecified atom stereocenters. The highest BCUT2D eigenvalue weighted by molar-refractivity contribution is 6.31. The van der Waals surface area contributed by atoms with Crippen molar-refractivity contribution in [2.75, 3.05) is 33.2 Å². The first kappa shape index (κ1) is 14.2. The summed E-state index contributed by atoms with van der Waals surface area (Å²) in [5.74, 6) is -0.893. The van der Waals surface area contributed by atoms with Gasteiger partial charge in [0.1, 0.15) is 5.82 Å². The Morgan fingerprint density at radius 2 is 2.00 bits per heavy atom. The first-order chi connectivity index (χ1) is 9.04. The molecule has 0 radical (unpaired) electrons. The zero-order valence-electron chi connectivity index (χ0n) is 10.8. The molecule has 2 N–H and O–H groups in total. The highest BCUT2D eigenvalue weighted by atomic mass is 35.5. The number of carbonyl (C=O) groups excluding carboxylic acids is 1. The number of rotatable bonds is 2. The number of piperazine rings is 1. The molecule has 1 fully saturated rings. The SMILES string of the molecule is CN1CCN(C(=O)c2ccc(Cl)c(CN)c2F)CC1. The van der Waals surface area contributed by atoms with Gasteiger partial charge in [-0.2, -0.15) is 0 Å². The molecule has 0 aromatic heterocycles. The van der Waals surface area contributed by atoms with E-state index in [0.717, 1.165) is 13.1 Å². The van der Waals surface area contributed by atoms with Crippen molar-refractivity contribution >= 4 is 17.5 Å². The fraction of sp³-hybridized carbons (Fsp3) is 0.462. The summed E-state index contributed by atoms with van der Waals surface area (Å²) < 4.78 is 14.2. The van der Waals surface area contributed by atoms with Crippen molar-refractivity contribution in [3.8, 4) is 0 Å². The van der Waals surface area contributed by atoms with Crippen LogP contribution in [0.3, 0.4) is 0 Å². The normalized spacial score (nSPS) is 16.7. The largest absolute Gasteiger partial charge is 0.336 e. The second-order valence-electron chi connectivity index (χ2n) is 4.69. The van der Waals surface area contributed by atoms with Crippen LogP contribution in [0.2, 0.25) is 5.02 Å². The molecule has 1 aliphatic heterocycles. The van der Waals surface area contributed by atoms with E-state index in [1.54, 1.807) is 4.90 Å². The average Bonchev–Trinajstić information content (AvgIpc) is 2.39. The van der Waals surface area contributed by atoms with Gasteiger partial charge in [0.2, 0.25) is 0 Å². The molecular formula is C13H17ClFN3O. The van der Waals surface area contributed by atoms with Crippen LogP contribution in [-0.4, -0.2) is 48.9 Å². The number of halogens is 2. The van der Waals surface area contributed by atoms with E-state index >= 15 is 0 Å². The Kier molecular flexibility index (Phi) is 4.39. The van der Waals surface area contributed by atoms with Crippen LogP contribution in [-0.2, 0) is 6.54 Å². The van der Waals surface area contributed by atoms with Gasteiger partial charge >= 0.3 is 0 Å². The number of hydrogen-bond donors (Lipinski definition) is 1. The molecular weight excluding hydrogens is 269 g/mol. The van der Waals surface area contributed by atoms with Gasteiger partial charge in [-0.25, -0.2) is 4.39 Å². The molecule has 2 rings (SSSR count). The quantitative estimate of drug-likeness (QED) is 0.892. The molecule has 1 aromatic carbocycles. The van der Waals surface area contributed by atoms with E-state index in [0.29, 0.717) is 13.1 Å². The fourth-order valence-electron chi connectivity index (χ4n) is 2.13. The van der Waals surface area contributed by atoms with Crippen molar-refractivity contribution < 1.29 is 9.18 Å². The van der Waals surface area contributed by atoms with Crippen LogP contribution in [0.15, 0.2) is 12.1 Å². The summed E-state index contributed by atoms with van der Waals surface area (Å²) in [6, 6.07) is 2.95. The van der Waals surface area contributed by atoms with Gasteiger partial charge < -0.3 is 15.5 Å². The monoisotopic (exact) mass is 285 g/mol. The Bertz CT molecular complexity index is 487. The maximum absolute atomic E-state index is 14.2. The summed E-state index contributed by atoms with van der Waals surface area (Å²) in [6.45, 7) is 2.79. The van der Waals surface area contributed by atoms with Gasteiger partial charge in [0.25, 0.3) is 5.91 Å². The number of likely N-dealkylation sites (N-methyl/N-ethyl adjacent to an activating group) is 1. The summed E-state index contributed by atoms with van der Waals surface area (Å²) in [7, 11) is 2.00. The van der Waals surface area contributed by atoms with Gasteiger partial charge in [-0.05, 0) is 19.2 Å². The van der Waals surface area contributed by atoms with Crippen LogP contribution < -0.4 is 5.73 Å². The molecule has 19 heavy (non-hydrogen) atoms. The van der Waals surface area contributed by atoms with Crippen LogP contribution >= 0.6 is 11.6 Å². The van der Waals surface area contributed by atoms with Crippen LogP contribution in [0.4, 0.5) is 4.39 Å². The van der Waals surface area contributed by atoms with Crippen molar-refractivity contribution in [3.05, 3.63) is 34.1 Å². The van der Waals surface area contributed by atoms with Gasteiger partial charge in [0.15, 0.2) is 0 Å². The third kappa shape index (κ3) is 2.88. The summed E-state index contributed by atoms with van der Waals surface area (Å²) in [5.41, 5.74) is 5.71. The molecule has 0 spiro atoms. The molecule has 1 aromatic rings. The third-order valence-electron chi connectivity index (χ3n) is 3.41. The number of nitrogens with two attached hydrogens (primary N) is 1. The molecule has 6 heteroatoms. The Hall–Kier alpha value is -1.17. The minimum Gasteiger partial charge on any atom is -0.336 e. The van der Waals surface area contributed by atoms with Gasteiger partial charge in [0.05, 0.1) is 5.56 Å². The topological polar surface area (TPSA) is 49.6 Å². The Labute approximate surface area is 116 Å². The molecule has 0 aliphatic carbocycles. The Balaban J connectivity index is 2.24. The first-order valence-corrected chi connectivity index (χ1v) is 6.57. The zero-order valence-corrected chi connectivity index (χ0v) is 11.6. The minimum absolute atomic E-state index is 0.0193. The molecule has 104 valence electrons. The van der Waals surface area contributed by atoms with Crippen molar-refractivity contribution in [3.63, 3.8) is 0 Å². The number of hydrogen-bond acceptors (Lipinski definition) is 3. The summed E-state index contributed by atoms with van der Waals surface area (Å²) in [4.78, 5) is 16.1. The van der Waals surface area contributed by atoms with E-state index in [-0.39, 0.29) is 28.6 Å². The average molecular weight is 286 g/mol. The first-order valence-electron chi connectivity index (χ1n) is 6.19. The highest BCUT2D eigenvalue weighted by Crippen LogP contribution is 2.23. The lowest BCUT2D eigenvalue weighted by Crippen LogP contribution is -2.47. The van der Waals surface area contributed by atoms with Crippen molar-refractivity contribution in [2.24, 2.45) is 5.73 Å². The second kappa shape index (κ2) is 5.86. The van der Waals surface area contributed by atoms with E-state index in [1.165, 1.54) is 12.1 Å². The van der Waals surface area contributed by atoms with E-state index in [9.17, 15) is 9.18 Å². The third-order valence-corrected chi connectivity index (χ3v) is 3.77. The highest BCUT2D eigenvalue weighted by Gasteiger charge is 2.24. The lowest BCUT2D eigenvalue weighted by molar-refractivity contribution is 0.0659. The number of carbonyl (C=O) groups is 1. The predicted octanol–water partition coefficient (Wildman–Crippen LogP) is 1.33. The smallest absolute Gasteiger partial charge is 0.256 e. The molecule has 0 bridgehead atoms. The number of nitrogens with zero attached hydrogens (tertiary/aromatic N) is 2. The van der Waals surface area contributed by atoms with Crippen molar-refractivity contribution in [2.45, 2.75) is 6.54 Å². The minimum atomic E-state index is -0.598. The molecule has 0 saturated carbocycles. The number of benzene rings is 1. The molecule has 1 amide bonds. The Morgan fingerprint density at radius 3 is 2.58 bits per heavy atom. The number of amides is 1. The molecule has 1 heterocycles. The second-order valence-corrected chi connectivity index (χ2v) is 5.09. The summed E-state index contributed by atoms with van der Waals surface area (Å²) in [5, 5.41) is 0.259. The van der Waals surface area contributed by atoms with Crippen LogP contribution in [0.5, 0.6) is 0 Å². The van der Waals surface area contributed by atoms with Crippen LogP contribution in [0.1, 0.15) is 15.9 Å². The van der Waals surface area contributed by atoms with Crippen molar-refractivity contribution in [1.82, 2.24) is 9.80 Å². The lowest BCUT2D eigenvalue weighted by atomic mass is 10.1. The lowest BCUT2D eigenvalue weighted by Gasteiger charge is -2.32. The van der Waals surface area contributed by atoms with E-state index in [1.807, 2.05) is 7.05 Å². The van der Waals surface area contributed by atoms with Gasteiger partial charge in [-0.15, -0.1) is 0 Å². The molecule has 0 atom stereocenters. The fourth-order valence-corrected chi connectivity index (χ4v) is 2.35. The zero-order chi connectivity index (χ0) is 14.0. The maximum atomic E-state index is 14.2. The predicted molar refractivity (Wildman–Crippen MR) is 72.7 cm³/mol. The van der Waals surface area contributed by atoms with E-state index in [4.69, 9.17) is 17.3 Å². The van der Waals surface area contributed by atoms with Gasteiger partial charge in [-0.1, -0.05) is 11.6 Å². The standard InChI is InChI=1S/C13H17ClFN3O/c1-17-4-6-18(7-5-17)13(19)9-2-3-11(14)10(8-16)12(9)15/h2-3H,4-8,16H2,1H3. The molecule has 1 saturated heterocycles. The summed E-state index contributed by atoms with van der Waals surface area (Å²) in [6.07, 6.45) is 0. The van der Waals surface area contributed by atoms with E-state index < -0.39 is 5.82 Å². The molecule has 4 nitrogen and oxygen atoms in total. The van der Waals surface area contributed by atoms with Crippen LogP contribution in [0, 0.1) is 5.82 Å². The summed E-state index contributed by atoms with van der Waals surface area (Å²) >= 11 is 5.86. The van der Waals surface area contributed by atoms with Crippen LogP contribution in [0.25, 0.3) is 0 Å². The maximum Gasteiger partial charge on any atom is 0.256 e. The van der Waals surface area contributed by atoms with Gasteiger partial charge in [-0.3, -0.25) is 4.79 Å². The molecule has 1 aliphatic rings. The Morgan fingerprint density at radius 1 is 1.37 bits per heavy atom. The van der Waals surface area contributed by atoms with Crippen molar-refractivity contribution in [1.29, 1.82) is 0 Å². The van der Waals surface area contributed by atoms with E-state index in [2.05, 4.69) is 4.90 Å². The van der Waals surface area contributed by atoms with Gasteiger partial charge in [0, 0.05) is 43.3 Å².